The lowest BCUT2D eigenvalue weighted by atomic mass is 9.81. The van der Waals surface area contributed by atoms with E-state index in [0.717, 1.165) is 23.6 Å². The Morgan fingerprint density at radius 3 is 2.85 bits per heavy atom. The monoisotopic (exact) mass is 295 g/mol. The molecule has 2 atom stereocenters. The maximum Gasteiger partial charge on any atom is 0.345 e. The van der Waals surface area contributed by atoms with E-state index >= 15 is 0 Å². The van der Waals surface area contributed by atoms with Crippen molar-refractivity contribution in [3.05, 3.63) is 21.9 Å². The van der Waals surface area contributed by atoms with Crippen molar-refractivity contribution < 1.29 is 14.7 Å². The number of nitrogens with one attached hydrogen (secondary N) is 1. The Hall–Kier alpha value is -1.36. The third-order valence-electron chi connectivity index (χ3n) is 3.85. The molecule has 20 heavy (non-hydrogen) atoms. The molecule has 0 saturated heterocycles. The first-order valence-electron chi connectivity index (χ1n) is 7.13. The van der Waals surface area contributed by atoms with E-state index in [1.807, 2.05) is 0 Å². The summed E-state index contributed by atoms with van der Waals surface area (Å²) in [5.41, 5.74) is 0. The number of carboxylic acids is 1. The van der Waals surface area contributed by atoms with Crippen LogP contribution in [0.5, 0.6) is 0 Å². The van der Waals surface area contributed by atoms with Gasteiger partial charge in [0.25, 0.3) is 0 Å². The van der Waals surface area contributed by atoms with Crippen molar-refractivity contribution in [2.24, 2.45) is 11.8 Å². The zero-order valence-electron chi connectivity index (χ0n) is 11.7. The number of aromatic carboxylic acids is 1. The van der Waals surface area contributed by atoms with E-state index in [4.69, 9.17) is 5.11 Å². The van der Waals surface area contributed by atoms with Crippen molar-refractivity contribution in [1.82, 2.24) is 5.32 Å². The van der Waals surface area contributed by atoms with Crippen LogP contribution >= 0.6 is 11.3 Å². The predicted octanol–water partition coefficient (Wildman–Crippen LogP) is 3.28. The maximum absolute atomic E-state index is 11.9. The molecule has 4 nitrogen and oxygen atoms in total. The minimum atomic E-state index is -0.913. The standard InChI is InChI=1S/C15H21NO3S/c1-10-3-2-4-11(7-10)8-14(17)16-9-12-5-6-13(20-12)15(18)19/h5-6,10-11H,2-4,7-9H2,1H3,(H,16,17)(H,18,19). The van der Waals surface area contributed by atoms with Gasteiger partial charge in [0.1, 0.15) is 4.88 Å². The summed E-state index contributed by atoms with van der Waals surface area (Å²) in [6.45, 7) is 2.68. The molecule has 0 spiro atoms. The zero-order valence-corrected chi connectivity index (χ0v) is 12.5. The summed E-state index contributed by atoms with van der Waals surface area (Å²) in [7, 11) is 0. The number of hydrogen-bond donors (Lipinski definition) is 2. The highest BCUT2D eigenvalue weighted by Gasteiger charge is 2.21. The molecule has 0 radical (unpaired) electrons. The summed E-state index contributed by atoms with van der Waals surface area (Å²) < 4.78 is 0. The van der Waals surface area contributed by atoms with E-state index in [0.29, 0.717) is 23.8 Å². The molecule has 1 aliphatic rings. The molecule has 1 heterocycles. The highest BCUT2D eigenvalue weighted by atomic mass is 32.1. The van der Waals surface area contributed by atoms with Crippen LogP contribution in [0.3, 0.4) is 0 Å². The van der Waals surface area contributed by atoms with Crippen LogP contribution in [-0.2, 0) is 11.3 Å². The van der Waals surface area contributed by atoms with Crippen molar-refractivity contribution in [2.75, 3.05) is 0 Å². The lowest BCUT2D eigenvalue weighted by Gasteiger charge is -2.26. The SMILES string of the molecule is CC1CCCC(CC(=O)NCc2ccc(C(=O)O)s2)C1. The molecule has 1 amide bonds. The Morgan fingerprint density at radius 1 is 1.40 bits per heavy atom. The van der Waals surface area contributed by atoms with Gasteiger partial charge in [0.15, 0.2) is 0 Å². The number of carbonyl (C=O) groups excluding carboxylic acids is 1. The van der Waals surface area contributed by atoms with Crippen molar-refractivity contribution in [3.63, 3.8) is 0 Å². The molecule has 0 bridgehead atoms. The van der Waals surface area contributed by atoms with Gasteiger partial charge in [-0.05, 0) is 36.8 Å². The Morgan fingerprint density at radius 2 is 2.20 bits per heavy atom. The first kappa shape index (κ1) is 15.0. The number of carbonyl (C=O) groups is 2. The first-order chi connectivity index (χ1) is 9.54. The van der Waals surface area contributed by atoms with E-state index in [-0.39, 0.29) is 5.91 Å². The van der Waals surface area contributed by atoms with Gasteiger partial charge in [-0.1, -0.05) is 19.8 Å². The number of hydrogen-bond acceptors (Lipinski definition) is 3. The third kappa shape index (κ3) is 4.34. The number of carboxylic acid groups (broad SMARTS) is 1. The quantitative estimate of drug-likeness (QED) is 0.876. The number of amides is 1. The van der Waals surface area contributed by atoms with Gasteiger partial charge in [0.05, 0.1) is 6.54 Å². The van der Waals surface area contributed by atoms with Crippen molar-refractivity contribution in [2.45, 2.75) is 45.6 Å². The second-order valence-electron chi connectivity index (χ2n) is 5.69. The van der Waals surface area contributed by atoms with E-state index in [2.05, 4.69) is 12.2 Å². The number of thiophene rings is 1. The smallest absolute Gasteiger partial charge is 0.345 e. The van der Waals surface area contributed by atoms with Crippen LogP contribution in [-0.4, -0.2) is 17.0 Å². The molecular weight excluding hydrogens is 274 g/mol. The van der Waals surface area contributed by atoms with Gasteiger partial charge >= 0.3 is 5.97 Å². The summed E-state index contributed by atoms with van der Waals surface area (Å²) >= 11 is 1.22. The average Bonchev–Trinajstić information content (AvgIpc) is 2.85. The first-order valence-corrected chi connectivity index (χ1v) is 7.95. The van der Waals surface area contributed by atoms with E-state index in [1.54, 1.807) is 12.1 Å². The highest BCUT2D eigenvalue weighted by Crippen LogP contribution is 2.30. The minimum absolute atomic E-state index is 0.0781. The Bertz CT molecular complexity index is 483. The molecule has 0 aromatic carbocycles. The van der Waals surface area contributed by atoms with Crippen molar-refractivity contribution in [3.8, 4) is 0 Å². The summed E-state index contributed by atoms with van der Waals surface area (Å²) in [4.78, 5) is 23.9. The van der Waals surface area contributed by atoms with Crippen LogP contribution in [0.1, 0.15) is 53.6 Å². The molecule has 2 unspecified atom stereocenters. The molecule has 5 heteroatoms. The summed E-state index contributed by atoms with van der Waals surface area (Å²) in [6, 6.07) is 3.34. The Balaban J connectivity index is 1.75. The Kier molecular flexibility index (Phi) is 5.17. The average molecular weight is 295 g/mol. The molecule has 110 valence electrons. The highest BCUT2D eigenvalue weighted by molar-refractivity contribution is 7.13. The van der Waals surface area contributed by atoms with Crippen LogP contribution in [0.4, 0.5) is 0 Å². The van der Waals surface area contributed by atoms with Gasteiger partial charge in [-0.25, -0.2) is 4.79 Å². The second kappa shape index (κ2) is 6.88. The zero-order chi connectivity index (χ0) is 14.5. The fourth-order valence-corrected chi connectivity index (χ4v) is 3.64. The molecule has 2 N–H and O–H groups in total. The van der Waals surface area contributed by atoms with Crippen molar-refractivity contribution >= 4 is 23.2 Å². The van der Waals surface area contributed by atoms with Crippen LogP contribution < -0.4 is 5.32 Å². The molecule has 0 aliphatic heterocycles. The van der Waals surface area contributed by atoms with Gasteiger partial charge in [-0.15, -0.1) is 11.3 Å². The normalized spacial score (nSPS) is 22.4. The van der Waals surface area contributed by atoms with Gasteiger partial charge in [-0.3, -0.25) is 4.79 Å². The van der Waals surface area contributed by atoms with E-state index in [1.165, 1.54) is 24.2 Å². The van der Waals surface area contributed by atoms with Crippen LogP contribution in [0.2, 0.25) is 0 Å². The molecular formula is C15H21NO3S. The van der Waals surface area contributed by atoms with Crippen LogP contribution in [0, 0.1) is 11.8 Å². The van der Waals surface area contributed by atoms with E-state index in [9.17, 15) is 9.59 Å². The fourth-order valence-electron chi connectivity index (χ4n) is 2.85. The molecule has 2 rings (SSSR count). The topological polar surface area (TPSA) is 66.4 Å². The third-order valence-corrected chi connectivity index (χ3v) is 4.92. The van der Waals surface area contributed by atoms with Crippen LogP contribution in [0.25, 0.3) is 0 Å². The summed E-state index contributed by atoms with van der Waals surface area (Å²) in [5, 5.41) is 11.7. The van der Waals surface area contributed by atoms with Gasteiger partial charge in [0.2, 0.25) is 5.91 Å². The minimum Gasteiger partial charge on any atom is -0.477 e. The lowest BCUT2D eigenvalue weighted by molar-refractivity contribution is -0.122. The molecule has 1 aromatic rings. The predicted molar refractivity (Wildman–Crippen MR) is 78.9 cm³/mol. The van der Waals surface area contributed by atoms with Crippen molar-refractivity contribution in [1.29, 1.82) is 0 Å². The van der Waals surface area contributed by atoms with Gasteiger partial charge in [0, 0.05) is 11.3 Å². The molecule has 1 aliphatic carbocycles. The van der Waals surface area contributed by atoms with Gasteiger partial charge in [-0.2, -0.15) is 0 Å². The largest absolute Gasteiger partial charge is 0.477 e. The summed E-state index contributed by atoms with van der Waals surface area (Å²) in [5.74, 6) is 0.409. The van der Waals surface area contributed by atoms with Crippen LogP contribution in [0.15, 0.2) is 12.1 Å². The summed E-state index contributed by atoms with van der Waals surface area (Å²) in [6.07, 6.45) is 5.41. The van der Waals surface area contributed by atoms with Gasteiger partial charge < -0.3 is 10.4 Å². The second-order valence-corrected chi connectivity index (χ2v) is 6.86. The molecule has 1 fully saturated rings. The fraction of sp³-hybridized carbons (Fsp3) is 0.600. The number of rotatable bonds is 5. The molecule has 1 saturated carbocycles. The van der Waals surface area contributed by atoms with E-state index < -0.39 is 5.97 Å². The molecule has 1 aromatic heterocycles. The lowest BCUT2D eigenvalue weighted by Crippen LogP contribution is -2.26. The Labute approximate surface area is 123 Å². The maximum atomic E-state index is 11.9.